The minimum Gasteiger partial charge on any atom is -0.323 e. The summed E-state index contributed by atoms with van der Waals surface area (Å²) in [4.78, 5) is 0.0753. The number of hydrogen-bond acceptors (Lipinski definition) is 6. The molecule has 4 N–H and O–H groups in total. The molecule has 8 nitrogen and oxygen atoms in total. The highest BCUT2D eigenvalue weighted by Gasteiger charge is 2.29. The summed E-state index contributed by atoms with van der Waals surface area (Å²) in [6.45, 7) is 3.75. The monoisotopic (exact) mass is 532 g/mol. The number of hydrogen-bond donors (Lipinski definition) is 3. The van der Waals surface area contributed by atoms with E-state index < -0.39 is 20.0 Å². The van der Waals surface area contributed by atoms with Crippen molar-refractivity contribution in [2.75, 3.05) is 9.44 Å². The molecule has 0 spiro atoms. The summed E-state index contributed by atoms with van der Waals surface area (Å²) in [7, 11) is -7.78. The molecule has 0 saturated carbocycles. The molecule has 0 saturated heterocycles. The number of nitrogens with one attached hydrogen (secondary N) is 2. The highest BCUT2D eigenvalue weighted by atomic mass is 32.2. The van der Waals surface area contributed by atoms with Gasteiger partial charge in [-0.05, 0) is 84.6 Å². The molecule has 0 heterocycles. The number of nitrogens with zero attached hydrogens (tertiary/aromatic N) is 1. The van der Waals surface area contributed by atoms with Gasteiger partial charge in [-0.2, -0.15) is 5.10 Å². The summed E-state index contributed by atoms with van der Waals surface area (Å²) in [5.41, 5.74) is 5.49. The standard InChI is InChI=1S/C27H24N4O4S2/c1-17-5-3-7-19(13-17)30-36(32,33)21-9-11-23-24-12-10-22(16-26(24)27(29-28)25(23)15-21)37(34,35)31-20-8-4-6-18(2)14-20/h3-16,30-31H,28H2,1-2H3. The molecule has 4 aromatic carbocycles. The molecule has 0 aliphatic heterocycles. The molecular weight excluding hydrogens is 508 g/mol. The van der Waals surface area contributed by atoms with Gasteiger partial charge in [0.1, 0.15) is 0 Å². The highest BCUT2D eigenvalue weighted by Crippen LogP contribution is 2.39. The van der Waals surface area contributed by atoms with E-state index in [0.717, 1.165) is 11.1 Å². The molecule has 0 atom stereocenters. The topological polar surface area (TPSA) is 131 Å². The van der Waals surface area contributed by atoms with Crippen LogP contribution in [0, 0.1) is 13.8 Å². The van der Waals surface area contributed by atoms with Gasteiger partial charge in [0.05, 0.1) is 15.5 Å². The normalized spacial score (nSPS) is 12.5. The molecule has 188 valence electrons. The van der Waals surface area contributed by atoms with Gasteiger partial charge in [-0.1, -0.05) is 36.4 Å². The number of anilines is 2. The second-order valence-electron chi connectivity index (χ2n) is 8.84. The predicted molar refractivity (Wildman–Crippen MR) is 146 cm³/mol. The first-order valence-corrected chi connectivity index (χ1v) is 14.3. The summed E-state index contributed by atoms with van der Waals surface area (Å²) < 4.78 is 57.6. The van der Waals surface area contributed by atoms with Crippen molar-refractivity contribution in [2.24, 2.45) is 10.9 Å². The van der Waals surface area contributed by atoms with Gasteiger partial charge in [-0.3, -0.25) is 9.44 Å². The van der Waals surface area contributed by atoms with Gasteiger partial charge < -0.3 is 5.84 Å². The van der Waals surface area contributed by atoms with Crippen molar-refractivity contribution >= 4 is 37.1 Å². The third kappa shape index (κ3) is 4.68. The molecule has 37 heavy (non-hydrogen) atoms. The molecule has 4 aromatic rings. The van der Waals surface area contributed by atoms with E-state index >= 15 is 0 Å². The number of sulfonamides is 2. The van der Waals surface area contributed by atoms with Crippen LogP contribution in [0.2, 0.25) is 0 Å². The smallest absolute Gasteiger partial charge is 0.261 e. The van der Waals surface area contributed by atoms with Crippen LogP contribution in [0.1, 0.15) is 22.3 Å². The highest BCUT2D eigenvalue weighted by molar-refractivity contribution is 7.93. The first kappa shape index (κ1) is 24.5. The molecule has 1 aliphatic carbocycles. The fourth-order valence-electron chi connectivity index (χ4n) is 4.37. The number of hydrazone groups is 1. The van der Waals surface area contributed by atoms with Crippen LogP contribution in [0.4, 0.5) is 11.4 Å². The molecule has 0 amide bonds. The molecule has 0 bridgehead atoms. The largest absolute Gasteiger partial charge is 0.323 e. The molecule has 1 aliphatic rings. The lowest BCUT2D eigenvalue weighted by atomic mass is 10.1. The third-order valence-electron chi connectivity index (χ3n) is 6.07. The summed E-state index contributed by atoms with van der Waals surface area (Å²) in [5.74, 6) is 5.72. The molecule has 0 radical (unpaired) electrons. The molecule has 5 rings (SSSR count). The van der Waals surface area contributed by atoms with Gasteiger partial charge in [0.15, 0.2) is 0 Å². The van der Waals surface area contributed by atoms with Crippen LogP contribution in [0.25, 0.3) is 11.1 Å². The van der Waals surface area contributed by atoms with Gasteiger partial charge in [0.25, 0.3) is 20.0 Å². The average Bonchev–Trinajstić information content (AvgIpc) is 3.16. The SMILES string of the molecule is Cc1cccc(NS(=O)(=O)c2ccc3c(c2)C(=NN)c2cc(S(=O)(=O)Nc4cccc(C)c4)ccc2-3)c1. The summed E-state index contributed by atoms with van der Waals surface area (Å²) >= 11 is 0. The van der Waals surface area contributed by atoms with Crippen LogP contribution in [-0.4, -0.2) is 22.5 Å². The Kier molecular flexibility index (Phi) is 6.01. The van der Waals surface area contributed by atoms with Crippen molar-refractivity contribution in [3.63, 3.8) is 0 Å². The zero-order valence-electron chi connectivity index (χ0n) is 20.1. The predicted octanol–water partition coefficient (Wildman–Crippen LogP) is 4.60. The summed E-state index contributed by atoms with van der Waals surface area (Å²) in [6, 6.07) is 23.5. The van der Waals surface area contributed by atoms with E-state index in [1.807, 2.05) is 26.0 Å². The third-order valence-corrected chi connectivity index (χ3v) is 8.83. The van der Waals surface area contributed by atoms with Crippen molar-refractivity contribution in [1.29, 1.82) is 0 Å². The van der Waals surface area contributed by atoms with Gasteiger partial charge in [0, 0.05) is 22.5 Å². The summed E-state index contributed by atoms with van der Waals surface area (Å²) in [5, 5.41) is 3.89. The Morgan fingerprint density at radius 1 is 0.595 bits per heavy atom. The second kappa shape index (κ2) is 9.06. The number of fused-ring (bicyclic) bond motifs is 3. The molecule has 10 heteroatoms. The van der Waals surface area contributed by atoms with Gasteiger partial charge in [-0.25, -0.2) is 16.8 Å². The van der Waals surface area contributed by atoms with Gasteiger partial charge in [0.2, 0.25) is 0 Å². The Hall–Kier alpha value is -4.15. The Morgan fingerprint density at radius 3 is 1.41 bits per heavy atom. The Balaban J connectivity index is 1.50. The maximum absolute atomic E-state index is 13.1. The van der Waals surface area contributed by atoms with E-state index in [0.29, 0.717) is 39.3 Å². The van der Waals surface area contributed by atoms with Crippen molar-refractivity contribution in [2.45, 2.75) is 23.6 Å². The Labute approximate surface area is 216 Å². The van der Waals surface area contributed by atoms with E-state index in [1.54, 1.807) is 48.5 Å². The summed E-state index contributed by atoms with van der Waals surface area (Å²) in [6.07, 6.45) is 0. The Bertz CT molecular complexity index is 1670. The first-order chi connectivity index (χ1) is 17.6. The lowest BCUT2D eigenvalue weighted by Crippen LogP contribution is -2.14. The minimum atomic E-state index is -3.89. The van der Waals surface area contributed by atoms with Crippen LogP contribution in [0.15, 0.2) is 99.8 Å². The lowest BCUT2D eigenvalue weighted by Gasteiger charge is -2.10. The second-order valence-corrected chi connectivity index (χ2v) is 12.2. The minimum absolute atomic E-state index is 0.0377. The van der Waals surface area contributed by atoms with E-state index in [9.17, 15) is 16.8 Å². The molecule has 0 aromatic heterocycles. The van der Waals surface area contributed by atoms with E-state index in [1.165, 1.54) is 24.3 Å². The maximum Gasteiger partial charge on any atom is 0.261 e. The van der Waals surface area contributed by atoms with Crippen molar-refractivity contribution in [3.05, 3.63) is 107 Å². The van der Waals surface area contributed by atoms with E-state index in [4.69, 9.17) is 5.84 Å². The van der Waals surface area contributed by atoms with E-state index in [-0.39, 0.29) is 9.79 Å². The number of benzene rings is 4. The van der Waals surface area contributed by atoms with Crippen molar-refractivity contribution in [3.8, 4) is 11.1 Å². The van der Waals surface area contributed by atoms with Crippen molar-refractivity contribution < 1.29 is 16.8 Å². The van der Waals surface area contributed by atoms with Crippen LogP contribution in [0.5, 0.6) is 0 Å². The quantitative estimate of drug-likeness (QED) is 0.217. The fourth-order valence-corrected chi connectivity index (χ4v) is 6.52. The fraction of sp³-hybridized carbons (Fsp3) is 0.0741. The average molecular weight is 533 g/mol. The van der Waals surface area contributed by atoms with E-state index in [2.05, 4.69) is 14.5 Å². The number of rotatable bonds is 6. The number of aryl methyl sites for hydroxylation is 2. The molecule has 0 fully saturated rings. The van der Waals surface area contributed by atoms with Gasteiger partial charge in [-0.15, -0.1) is 0 Å². The maximum atomic E-state index is 13.1. The van der Waals surface area contributed by atoms with Crippen LogP contribution < -0.4 is 15.3 Å². The molecule has 0 unspecified atom stereocenters. The van der Waals surface area contributed by atoms with Crippen LogP contribution in [0.3, 0.4) is 0 Å². The van der Waals surface area contributed by atoms with Crippen molar-refractivity contribution in [1.82, 2.24) is 0 Å². The number of nitrogens with two attached hydrogens (primary N) is 1. The lowest BCUT2D eigenvalue weighted by molar-refractivity contribution is 0.599. The molecular formula is C27H24N4O4S2. The Morgan fingerprint density at radius 2 is 1.03 bits per heavy atom. The zero-order valence-corrected chi connectivity index (χ0v) is 21.7. The van der Waals surface area contributed by atoms with Crippen LogP contribution in [-0.2, 0) is 20.0 Å². The first-order valence-electron chi connectivity index (χ1n) is 11.3. The van der Waals surface area contributed by atoms with Crippen LogP contribution >= 0.6 is 0 Å². The van der Waals surface area contributed by atoms with Gasteiger partial charge >= 0.3 is 0 Å². The zero-order chi connectivity index (χ0) is 26.4.